The third-order valence-electron chi connectivity index (χ3n) is 6.14. The molecule has 3 heteroatoms. The summed E-state index contributed by atoms with van der Waals surface area (Å²) >= 11 is 0. The van der Waals surface area contributed by atoms with Gasteiger partial charge >= 0.3 is 0 Å². The summed E-state index contributed by atoms with van der Waals surface area (Å²) in [5, 5.41) is 0. The molecule has 1 unspecified atom stereocenters. The minimum absolute atomic E-state index is 0.0344. The van der Waals surface area contributed by atoms with Crippen LogP contribution in [0.3, 0.4) is 0 Å². The second-order valence-electron chi connectivity index (χ2n) is 11.1. The Morgan fingerprint density at radius 1 is 0.964 bits per heavy atom. The fourth-order valence-electron chi connectivity index (χ4n) is 4.81. The van der Waals surface area contributed by atoms with Crippen LogP contribution in [0.1, 0.15) is 93.1 Å². The first-order valence-corrected chi connectivity index (χ1v) is 10.8. The van der Waals surface area contributed by atoms with Gasteiger partial charge in [-0.05, 0) is 46.8 Å². The summed E-state index contributed by atoms with van der Waals surface area (Å²) in [6.45, 7) is 17.7. The largest absolute Gasteiger partial charge is 0.274 e. The van der Waals surface area contributed by atoms with Gasteiger partial charge in [0.25, 0.3) is 0 Å². The molecule has 1 aromatic carbocycles. The Labute approximate surface area is 171 Å². The second-order valence-corrected chi connectivity index (χ2v) is 11.1. The minimum atomic E-state index is -0.219. The van der Waals surface area contributed by atoms with Crippen LogP contribution in [0.4, 0.5) is 5.69 Å². The monoisotopic (exact) mass is 385 g/mol. The van der Waals surface area contributed by atoms with Gasteiger partial charge in [-0.1, -0.05) is 80.4 Å². The standard InChI is InChI=1S/C25H39NO2/c1-9-10-15-24(5,6)20-16-21(27)26(22(20)28)19-13-11-18(12-14-19)25(7,8)17-23(2,3)4/h11-14,20H,9-10,15-17H2,1-8H3. The maximum absolute atomic E-state index is 13.1. The molecule has 0 radical (unpaired) electrons. The van der Waals surface area contributed by atoms with Crippen molar-refractivity contribution in [1.29, 1.82) is 0 Å². The Bertz CT molecular complexity index is 707. The van der Waals surface area contributed by atoms with Crippen molar-refractivity contribution in [2.24, 2.45) is 16.7 Å². The highest BCUT2D eigenvalue weighted by atomic mass is 16.2. The maximum Gasteiger partial charge on any atom is 0.237 e. The molecular formula is C25H39NO2. The molecule has 156 valence electrons. The molecule has 0 aliphatic carbocycles. The van der Waals surface area contributed by atoms with E-state index in [1.807, 2.05) is 12.1 Å². The van der Waals surface area contributed by atoms with E-state index in [1.165, 1.54) is 10.5 Å². The van der Waals surface area contributed by atoms with E-state index >= 15 is 0 Å². The van der Waals surface area contributed by atoms with Gasteiger partial charge in [-0.15, -0.1) is 0 Å². The number of benzene rings is 1. The van der Waals surface area contributed by atoms with Crippen LogP contribution in [-0.4, -0.2) is 11.8 Å². The Morgan fingerprint density at radius 2 is 1.54 bits per heavy atom. The molecule has 2 rings (SSSR count). The number of hydrogen-bond donors (Lipinski definition) is 0. The maximum atomic E-state index is 13.1. The number of carbonyl (C=O) groups is 2. The lowest BCUT2D eigenvalue weighted by Gasteiger charge is -2.33. The van der Waals surface area contributed by atoms with Gasteiger partial charge in [0.2, 0.25) is 11.8 Å². The highest BCUT2D eigenvalue weighted by molar-refractivity contribution is 6.21. The lowest BCUT2D eigenvalue weighted by molar-refractivity contribution is -0.124. The van der Waals surface area contributed by atoms with Gasteiger partial charge in [-0.2, -0.15) is 0 Å². The summed E-state index contributed by atoms with van der Waals surface area (Å²) in [6.07, 6.45) is 4.55. The van der Waals surface area contributed by atoms with Crippen molar-refractivity contribution >= 4 is 17.5 Å². The van der Waals surface area contributed by atoms with Crippen molar-refractivity contribution < 1.29 is 9.59 Å². The van der Waals surface area contributed by atoms with E-state index in [9.17, 15) is 9.59 Å². The van der Waals surface area contributed by atoms with E-state index < -0.39 is 0 Å². The number of unbranched alkanes of at least 4 members (excludes halogenated alkanes) is 1. The highest BCUT2D eigenvalue weighted by Gasteiger charge is 2.46. The van der Waals surface area contributed by atoms with Crippen LogP contribution >= 0.6 is 0 Å². The van der Waals surface area contributed by atoms with Crippen molar-refractivity contribution in [1.82, 2.24) is 0 Å². The van der Waals surface area contributed by atoms with Crippen LogP contribution in [0, 0.1) is 16.7 Å². The van der Waals surface area contributed by atoms with Crippen LogP contribution in [0.15, 0.2) is 24.3 Å². The molecule has 1 aromatic rings. The summed E-state index contributed by atoms with van der Waals surface area (Å²) in [4.78, 5) is 27.2. The van der Waals surface area contributed by atoms with Gasteiger partial charge in [-0.25, -0.2) is 0 Å². The van der Waals surface area contributed by atoms with Crippen LogP contribution in [0.2, 0.25) is 0 Å². The van der Waals surface area contributed by atoms with E-state index in [4.69, 9.17) is 0 Å². The lowest BCUT2D eigenvalue weighted by atomic mass is 9.72. The van der Waals surface area contributed by atoms with Crippen molar-refractivity contribution in [3.05, 3.63) is 29.8 Å². The molecule has 0 saturated carbocycles. The molecule has 0 N–H and O–H groups in total. The van der Waals surface area contributed by atoms with E-state index in [1.54, 1.807) is 0 Å². The fraction of sp³-hybridized carbons (Fsp3) is 0.680. The average molecular weight is 386 g/mol. The Hall–Kier alpha value is -1.64. The number of anilines is 1. The normalized spacial score (nSPS) is 18.9. The van der Waals surface area contributed by atoms with E-state index in [0.717, 1.165) is 25.7 Å². The van der Waals surface area contributed by atoms with Crippen LogP contribution in [0.25, 0.3) is 0 Å². The van der Waals surface area contributed by atoms with Crippen molar-refractivity contribution in [2.75, 3.05) is 4.90 Å². The molecule has 1 aliphatic heterocycles. The molecule has 1 atom stereocenters. The van der Waals surface area contributed by atoms with Crippen LogP contribution < -0.4 is 4.90 Å². The molecule has 0 bridgehead atoms. The summed E-state index contributed by atoms with van der Waals surface area (Å²) in [6, 6.07) is 8.04. The first kappa shape index (κ1) is 22.6. The molecule has 2 amide bonds. The number of carbonyl (C=O) groups excluding carboxylic acids is 2. The number of imide groups is 1. The lowest BCUT2D eigenvalue weighted by Crippen LogP contribution is -2.35. The van der Waals surface area contributed by atoms with Gasteiger partial charge in [0.1, 0.15) is 0 Å². The molecule has 1 fully saturated rings. The molecule has 1 saturated heterocycles. The minimum Gasteiger partial charge on any atom is -0.274 e. The van der Waals surface area contributed by atoms with Gasteiger partial charge in [0.15, 0.2) is 0 Å². The van der Waals surface area contributed by atoms with Gasteiger partial charge in [-0.3, -0.25) is 14.5 Å². The Balaban J connectivity index is 2.22. The SMILES string of the molecule is CCCCC(C)(C)C1CC(=O)N(c2ccc(C(C)(C)CC(C)(C)C)cc2)C1=O. The number of hydrogen-bond acceptors (Lipinski definition) is 2. The smallest absolute Gasteiger partial charge is 0.237 e. The fourth-order valence-corrected chi connectivity index (χ4v) is 4.81. The molecule has 0 aromatic heterocycles. The van der Waals surface area contributed by atoms with Crippen LogP contribution in [0.5, 0.6) is 0 Å². The number of rotatable bonds is 7. The van der Waals surface area contributed by atoms with Crippen molar-refractivity contribution in [2.45, 2.75) is 92.9 Å². The van der Waals surface area contributed by atoms with Crippen molar-refractivity contribution in [3.8, 4) is 0 Å². The summed E-state index contributed by atoms with van der Waals surface area (Å²) in [5.41, 5.74) is 2.08. The predicted molar refractivity (Wildman–Crippen MR) is 117 cm³/mol. The van der Waals surface area contributed by atoms with Crippen LogP contribution in [-0.2, 0) is 15.0 Å². The summed E-state index contributed by atoms with van der Waals surface area (Å²) in [5.74, 6) is -0.322. The van der Waals surface area contributed by atoms with E-state index in [2.05, 4.69) is 67.5 Å². The van der Waals surface area contributed by atoms with Gasteiger partial charge in [0, 0.05) is 6.42 Å². The van der Waals surface area contributed by atoms with Gasteiger partial charge in [0.05, 0.1) is 11.6 Å². The molecule has 3 nitrogen and oxygen atoms in total. The first-order chi connectivity index (χ1) is 12.8. The highest BCUT2D eigenvalue weighted by Crippen LogP contribution is 2.42. The molecule has 28 heavy (non-hydrogen) atoms. The third kappa shape index (κ3) is 5.04. The molecule has 1 heterocycles. The summed E-state index contributed by atoms with van der Waals surface area (Å²) in [7, 11) is 0. The quantitative estimate of drug-likeness (QED) is 0.503. The second kappa shape index (κ2) is 8.00. The topological polar surface area (TPSA) is 37.4 Å². The zero-order valence-corrected chi connectivity index (χ0v) is 19.2. The number of nitrogens with zero attached hydrogens (tertiary/aromatic N) is 1. The predicted octanol–water partition coefficient (Wildman–Crippen LogP) is 6.50. The van der Waals surface area contributed by atoms with Gasteiger partial charge < -0.3 is 0 Å². The Morgan fingerprint density at radius 3 is 2.04 bits per heavy atom. The molecule has 1 aliphatic rings. The zero-order chi connectivity index (χ0) is 21.3. The van der Waals surface area contributed by atoms with E-state index in [-0.39, 0.29) is 34.0 Å². The van der Waals surface area contributed by atoms with E-state index in [0.29, 0.717) is 12.1 Å². The summed E-state index contributed by atoms with van der Waals surface area (Å²) < 4.78 is 0. The molecular weight excluding hydrogens is 346 g/mol. The third-order valence-corrected chi connectivity index (χ3v) is 6.14. The van der Waals surface area contributed by atoms with Crippen molar-refractivity contribution in [3.63, 3.8) is 0 Å². The number of amides is 2. The molecule has 0 spiro atoms. The zero-order valence-electron chi connectivity index (χ0n) is 19.2. The first-order valence-electron chi connectivity index (χ1n) is 10.8. The average Bonchev–Trinajstić information content (AvgIpc) is 2.86. The Kier molecular flexibility index (Phi) is 6.47.